The number of hydrogen-bond donors (Lipinski definition) is 1. The molecule has 0 heterocycles. The molecule has 0 aliphatic heterocycles. The number of rotatable bonds is 3. The molecule has 0 aliphatic rings. The zero-order valence-electron chi connectivity index (χ0n) is 9.79. The van der Waals surface area contributed by atoms with Gasteiger partial charge in [0, 0.05) is 6.07 Å². The number of ether oxygens (including phenoxy) is 2. The van der Waals surface area contributed by atoms with Crippen LogP contribution in [0.15, 0.2) is 48.5 Å². The van der Waals surface area contributed by atoms with Gasteiger partial charge in [-0.15, -0.1) is 0 Å². The molecular formula is C14H12O4. The minimum Gasteiger partial charge on any atom is -0.508 e. The third-order valence-corrected chi connectivity index (χ3v) is 2.35. The average Bonchev–Trinajstić information content (AvgIpc) is 2.39. The van der Waals surface area contributed by atoms with Crippen LogP contribution in [0.25, 0.3) is 0 Å². The Morgan fingerprint density at radius 3 is 2.39 bits per heavy atom. The van der Waals surface area contributed by atoms with E-state index < -0.39 is 5.97 Å². The van der Waals surface area contributed by atoms with Crippen LogP contribution in [-0.2, 0) is 0 Å². The summed E-state index contributed by atoms with van der Waals surface area (Å²) >= 11 is 0. The molecule has 2 aromatic rings. The number of aromatic hydroxyl groups is 1. The number of esters is 1. The van der Waals surface area contributed by atoms with Gasteiger partial charge in [0.1, 0.15) is 17.2 Å². The Hall–Kier alpha value is -2.49. The van der Waals surface area contributed by atoms with Crippen molar-refractivity contribution in [2.75, 3.05) is 7.11 Å². The van der Waals surface area contributed by atoms with Gasteiger partial charge in [0.25, 0.3) is 0 Å². The van der Waals surface area contributed by atoms with Gasteiger partial charge < -0.3 is 14.6 Å². The number of phenols is 1. The van der Waals surface area contributed by atoms with Crippen LogP contribution in [0.2, 0.25) is 0 Å². The van der Waals surface area contributed by atoms with E-state index in [9.17, 15) is 4.79 Å². The van der Waals surface area contributed by atoms with Gasteiger partial charge >= 0.3 is 5.97 Å². The average molecular weight is 244 g/mol. The molecule has 0 bridgehead atoms. The highest BCUT2D eigenvalue weighted by atomic mass is 16.5. The van der Waals surface area contributed by atoms with Crippen molar-refractivity contribution in [2.24, 2.45) is 0 Å². The number of benzene rings is 2. The van der Waals surface area contributed by atoms with Crippen molar-refractivity contribution in [3.8, 4) is 17.2 Å². The third kappa shape index (κ3) is 2.79. The van der Waals surface area contributed by atoms with Crippen molar-refractivity contribution in [1.82, 2.24) is 0 Å². The topological polar surface area (TPSA) is 55.8 Å². The van der Waals surface area contributed by atoms with Crippen molar-refractivity contribution in [2.45, 2.75) is 0 Å². The Bertz CT molecular complexity index is 546. The summed E-state index contributed by atoms with van der Waals surface area (Å²) in [6.45, 7) is 0. The molecule has 0 spiro atoms. The predicted octanol–water partition coefficient (Wildman–Crippen LogP) is 2.62. The van der Waals surface area contributed by atoms with Crippen LogP contribution >= 0.6 is 0 Å². The first-order valence-electron chi connectivity index (χ1n) is 5.34. The van der Waals surface area contributed by atoms with E-state index in [0.717, 1.165) is 0 Å². The highest BCUT2D eigenvalue weighted by molar-refractivity contribution is 5.91. The molecule has 92 valence electrons. The fraction of sp³-hybridized carbons (Fsp3) is 0.0714. The maximum atomic E-state index is 11.8. The molecule has 2 aromatic carbocycles. The fourth-order valence-corrected chi connectivity index (χ4v) is 1.43. The smallest absolute Gasteiger partial charge is 0.343 e. The summed E-state index contributed by atoms with van der Waals surface area (Å²) in [7, 11) is 1.54. The van der Waals surface area contributed by atoms with Gasteiger partial charge in [-0.05, 0) is 36.4 Å². The first kappa shape index (κ1) is 12.0. The molecular weight excluding hydrogens is 232 g/mol. The Labute approximate surface area is 104 Å². The maximum absolute atomic E-state index is 11.8. The van der Waals surface area contributed by atoms with Gasteiger partial charge in [-0.1, -0.05) is 6.07 Å². The van der Waals surface area contributed by atoms with Gasteiger partial charge in [0.15, 0.2) is 0 Å². The van der Waals surface area contributed by atoms with Crippen LogP contribution in [0.3, 0.4) is 0 Å². The minimum absolute atomic E-state index is 0.105. The zero-order chi connectivity index (χ0) is 13.0. The van der Waals surface area contributed by atoms with E-state index in [1.165, 1.54) is 24.3 Å². The van der Waals surface area contributed by atoms with Crippen LogP contribution in [0, 0.1) is 0 Å². The molecule has 0 unspecified atom stereocenters. The second kappa shape index (κ2) is 5.23. The lowest BCUT2D eigenvalue weighted by atomic mass is 10.2. The first-order valence-corrected chi connectivity index (χ1v) is 5.34. The summed E-state index contributed by atoms with van der Waals surface area (Å²) in [5.74, 6) is 0.648. The van der Waals surface area contributed by atoms with Crippen molar-refractivity contribution < 1.29 is 19.4 Å². The van der Waals surface area contributed by atoms with Crippen LogP contribution in [0.5, 0.6) is 17.2 Å². The van der Waals surface area contributed by atoms with Crippen molar-refractivity contribution >= 4 is 5.97 Å². The molecule has 4 heteroatoms. The predicted molar refractivity (Wildman–Crippen MR) is 66.1 cm³/mol. The van der Waals surface area contributed by atoms with Crippen LogP contribution in [-0.4, -0.2) is 18.2 Å². The van der Waals surface area contributed by atoms with Crippen molar-refractivity contribution in [1.29, 1.82) is 0 Å². The van der Waals surface area contributed by atoms with E-state index in [4.69, 9.17) is 14.6 Å². The third-order valence-electron chi connectivity index (χ3n) is 2.35. The van der Waals surface area contributed by atoms with Gasteiger partial charge in [-0.25, -0.2) is 4.79 Å². The number of hydrogen-bond acceptors (Lipinski definition) is 4. The van der Waals surface area contributed by atoms with E-state index in [1.807, 2.05) is 0 Å². The molecule has 0 aliphatic carbocycles. The number of carbonyl (C=O) groups is 1. The van der Waals surface area contributed by atoms with Gasteiger partial charge in [0.05, 0.1) is 12.7 Å². The SMILES string of the molecule is COc1cccc(OC(=O)c2ccc(O)cc2)c1. The van der Waals surface area contributed by atoms with Crippen molar-refractivity contribution in [3.63, 3.8) is 0 Å². The van der Waals surface area contributed by atoms with E-state index in [1.54, 1.807) is 31.4 Å². The molecule has 2 rings (SSSR count). The van der Waals surface area contributed by atoms with E-state index in [2.05, 4.69) is 0 Å². The summed E-state index contributed by atoms with van der Waals surface area (Å²) < 4.78 is 10.2. The Kier molecular flexibility index (Phi) is 3.48. The highest BCUT2D eigenvalue weighted by Gasteiger charge is 2.08. The molecule has 0 saturated heterocycles. The number of carbonyl (C=O) groups excluding carboxylic acids is 1. The lowest BCUT2D eigenvalue weighted by molar-refractivity contribution is 0.0734. The van der Waals surface area contributed by atoms with E-state index in [0.29, 0.717) is 17.1 Å². The van der Waals surface area contributed by atoms with Crippen molar-refractivity contribution in [3.05, 3.63) is 54.1 Å². The Morgan fingerprint density at radius 2 is 1.72 bits per heavy atom. The normalized spacial score (nSPS) is 9.83. The Morgan fingerprint density at radius 1 is 1.06 bits per heavy atom. The van der Waals surface area contributed by atoms with E-state index in [-0.39, 0.29) is 5.75 Å². The second-order valence-electron chi connectivity index (χ2n) is 3.62. The molecule has 1 N–H and O–H groups in total. The summed E-state index contributed by atoms with van der Waals surface area (Å²) in [5.41, 5.74) is 0.371. The van der Waals surface area contributed by atoms with E-state index >= 15 is 0 Å². The summed E-state index contributed by atoms with van der Waals surface area (Å²) in [6, 6.07) is 12.6. The molecule has 0 atom stereocenters. The monoisotopic (exact) mass is 244 g/mol. The molecule has 0 fully saturated rings. The van der Waals surface area contributed by atoms with Crippen LogP contribution < -0.4 is 9.47 Å². The van der Waals surface area contributed by atoms with Crippen LogP contribution in [0.4, 0.5) is 0 Å². The van der Waals surface area contributed by atoms with Gasteiger partial charge in [-0.3, -0.25) is 0 Å². The fourth-order valence-electron chi connectivity index (χ4n) is 1.43. The summed E-state index contributed by atoms with van der Waals surface area (Å²) in [4.78, 5) is 11.8. The molecule has 0 amide bonds. The zero-order valence-corrected chi connectivity index (χ0v) is 9.79. The summed E-state index contributed by atoms with van der Waals surface area (Å²) in [5, 5.41) is 9.13. The first-order chi connectivity index (χ1) is 8.69. The maximum Gasteiger partial charge on any atom is 0.343 e. The Balaban J connectivity index is 2.13. The minimum atomic E-state index is -0.483. The second-order valence-corrected chi connectivity index (χ2v) is 3.62. The number of phenolic OH excluding ortho intramolecular Hbond substituents is 1. The van der Waals surface area contributed by atoms with Gasteiger partial charge in [0.2, 0.25) is 0 Å². The standard InChI is InChI=1S/C14H12O4/c1-17-12-3-2-4-13(9-12)18-14(16)10-5-7-11(15)8-6-10/h2-9,15H,1H3. The van der Waals surface area contributed by atoms with Crippen LogP contribution in [0.1, 0.15) is 10.4 Å². The quantitative estimate of drug-likeness (QED) is 0.666. The molecule has 0 aromatic heterocycles. The molecule has 0 radical (unpaired) electrons. The molecule has 0 saturated carbocycles. The lowest BCUT2D eigenvalue weighted by Gasteiger charge is -2.06. The molecule has 18 heavy (non-hydrogen) atoms. The lowest BCUT2D eigenvalue weighted by Crippen LogP contribution is -2.08. The highest BCUT2D eigenvalue weighted by Crippen LogP contribution is 2.20. The largest absolute Gasteiger partial charge is 0.508 e. The summed E-state index contributed by atoms with van der Waals surface area (Å²) in [6.07, 6.45) is 0. The molecule has 4 nitrogen and oxygen atoms in total. The van der Waals surface area contributed by atoms with Gasteiger partial charge in [-0.2, -0.15) is 0 Å². The number of methoxy groups -OCH3 is 1.